The number of carbonyl (C=O) groups excluding carboxylic acids is 2. The molecule has 2 amide bonds. The minimum Gasteiger partial charge on any atom is -0.355 e. The molecule has 0 aliphatic rings. The first-order valence-corrected chi connectivity index (χ1v) is 8.85. The van der Waals surface area contributed by atoms with Crippen LogP contribution in [0.4, 0.5) is 5.69 Å². The molecule has 2 rings (SSSR count). The minimum atomic E-state index is -3.83. The van der Waals surface area contributed by atoms with Crippen molar-refractivity contribution in [3.8, 4) is 0 Å². The number of rotatable bonds is 4. The van der Waals surface area contributed by atoms with Gasteiger partial charge in [0.1, 0.15) is 4.21 Å². The number of primary sulfonamides is 1. The van der Waals surface area contributed by atoms with Crippen LogP contribution in [0, 0.1) is 6.92 Å². The molecule has 2 aromatic rings. The molecule has 0 saturated carbocycles. The van der Waals surface area contributed by atoms with Crippen molar-refractivity contribution < 1.29 is 18.0 Å². The van der Waals surface area contributed by atoms with Crippen LogP contribution < -0.4 is 15.8 Å². The van der Waals surface area contributed by atoms with Gasteiger partial charge in [-0.25, -0.2) is 13.6 Å². The Morgan fingerprint density at radius 3 is 2.22 bits per heavy atom. The topological polar surface area (TPSA) is 118 Å². The highest BCUT2D eigenvalue weighted by molar-refractivity contribution is 7.91. The Hall–Kier alpha value is -2.23. The largest absolute Gasteiger partial charge is 0.355 e. The zero-order chi connectivity index (χ0) is 17.2. The second kappa shape index (κ2) is 6.49. The van der Waals surface area contributed by atoms with Gasteiger partial charge < -0.3 is 10.6 Å². The van der Waals surface area contributed by atoms with Crippen molar-refractivity contribution >= 4 is 38.9 Å². The van der Waals surface area contributed by atoms with Gasteiger partial charge in [0.15, 0.2) is 0 Å². The Morgan fingerprint density at radius 2 is 1.74 bits per heavy atom. The quantitative estimate of drug-likeness (QED) is 0.768. The van der Waals surface area contributed by atoms with Crippen LogP contribution in [0.5, 0.6) is 0 Å². The van der Waals surface area contributed by atoms with Crippen molar-refractivity contribution in [2.45, 2.75) is 11.1 Å². The molecule has 0 bridgehead atoms. The standard InChI is InChI=1S/C14H15N3O4S2/c1-8-7-11(23(15,20)21)22-12(8)14(19)17-10-5-3-9(4-6-10)13(18)16-2/h3-7H,1-2H3,(H,16,18)(H,17,19)(H2,15,20,21). The number of hydrogen-bond donors (Lipinski definition) is 3. The first-order chi connectivity index (χ1) is 10.7. The van der Waals surface area contributed by atoms with E-state index in [0.717, 1.165) is 11.3 Å². The van der Waals surface area contributed by atoms with Crippen LogP contribution in [-0.2, 0) is 10.0 Å². The fourth-order valence-corrected chi connectivity index (χ4v) is 3.71. The molecule has 23 heavy (non-hydrogen) atoms. The van der Waals surface area contributed by atoms with E-state index in [0.29, 0.717) is 16.8 Å². The molecule has 0 fully saturated rings. The normalized spacial score (nSPS) is 11.1. The monoisotopic (exact) mass is 353 g/mol. The molecule has 0 aliphatic carbocycles. The van der Waals surface area contributed by atoms with Crippen LogP contribution in [0.2, 0.25) is 0 Å². The molecule has 0 atom stereocenters. The molecule has 1 aromatic carbocycles. The van der Waals surface area contributed by atoms with Gasteiger partial charge in [-0.05, 0) is 42.8 Å². The van der Waals surface area contributed by atoms with Crippen LogP contribution in [0.3, 0.4) is 0 Å². The fraction of sp³-hybridized carbons (Fsp3) is 0.143. The Kier molecular flexibility index (Phi) is 4.83. The summed E-state index contributed by atoms with van der Waals surface area (Å²) in [7, 11) is -2.31. The Balaban J connectivity index is 2.19. The van der Waals surface area contributed by atoms with E-state index in [4.69, 9.17) is 5.14 Å². The molecule has 1 heterocycles. The Morgan fingerprint density at radius 1 is 1.13 bits per heavy atom. The van der Waals surface area contributed by atoms with Gasteiger partial charge in [0.2, 0.25) is 10.0 Å². The number of nitrogens with two attached hydrogens (primary N) is 1. The molecule has 0 radical (unpaired) electrons. The van der Waals surface area contributed by atoms with Crippen molar-refractivity contribution in [2.75, 3.05) is 12.4 Å². The lowest BCUT2D eigenvalue weighted by Crippen LogP contribution is -2.17. The molecule has 9 heteroatoms. The van der Waals surface area contributed by atoms with Gasteiger partial charge in [-0.3, -0.25) is 9.59 Å². The molecule has 0 aliphatic heterocycles. The van der Waals surface area contributed by atoms with Crippen LogP contribution in [0.15, 0.2) is 34.5 Å². The van der Waals surface area contributed by atoms with E-state index >= 15 is 0 Å². The maximum Gasteiger partial charge on any atom is 0.266 e. The SMILES string of the molecule is CNC(=O)c1ccc(NC(=O)c2sc(S(N)(=O)=O)cc2C)cc1. The maximum atomic E-state index is 12.2. The van der Waals surface area contributed by atoms with E-state index in [1.165, 1.54) is 13.1 Å². The summed E-state index contributed by atoms with van der Waals surface area (Å²) in [4.78, 5) is 23.9. The van der Waals surface area contributed by atoms with Gasteiger partial charge in [-0.15, -0.1) is 11.3 Å². The van der Waals surface area contributed by atoms with Crippen molar-refractivity contribution in [3.05, 3.63) is 46.3 Å². The van der Waals surface area contributed by atoms with E-state index in [1.54, 1.807) is 31.2 Å². The summed E-state index contributed by atoms with van der Waals surface area (Å²) in [5, 5.41) is 10.2. The number of hydrogen-bond acceptors (Lipinski definition) is 5. The van der Waals surface area contributed by atoms with Crippen molar-refractivity contribution in [3.63, 3.8) is 0 Å². The third kappa shape index (κ3) is 3.95. The smallest absolute Gasteiger partial charge is 0.266 e. The Bertz CT molecular complexity index is 855. The zero-order valence-corrected chi connectivity index (χ0v) is 14.0. The zero-order valence-electron chi connectivity index (χ0n) is 12.4. The Labute approximate surface area is 137 Å². The molecule has 122 valence electrons. The predicted molar refractivity (Wildman–Crippen MR) is 88.2 cm³/mol. The molecular weight excluding hydrogens is 338 g/mol. The number of amides is 2. The molecule has 7 nitrogen and oxygen atoms in total. The number of carbonyl (C=O) groups is 2. The maximum absolute atomic E-state index is 12.2. The summed E-state index contributed by atoms with van der Waals surface area (Å²) in [6.45, 7) is 1.63. The summed E-state index contributed by atoms with van der Waals surface area (Å²) in [5.41, 5.74) is 1.49. The molecule has 1 aromatic heterocycles. The van der Waals surface area contributed by atoms with E-state index in [2.05, 4.69) is 10.6 Å². The lowest BCUT2D eigenvalue weighted by molar-refractivity contribution is 0.0962. The lowest BCUT2D eigenvalue weighted by atomic mass is 10.2. The van der Waals surface area contributed by atoms with E-state index < -0.39 is 15.9 Å². The van der Waals surface area contributed by atoms with Gasteiger partial charge in [-0.2, -0.15) is 0 Å². The minimum absolute atomic E-state index is 0.0601. The average molecular weight is 353 g/mol. The molecule has 0 saturated heterocycles. The van der Waals surface area contributed by atoms with Crippen LogP contribution in [0.1, 0.15) is 25.6 Å². The van der Waals surface area contributed by atoms with Crippen LogP contribution >= 0.6 is 11.3 Å². The lowest BCUT2D eigenvalue weighted by Gasteiger charge is -2.05. The number of sulfonamides is 1. The molecule has 4 N–H and O–H groups in total. The second-order valence-electron chi connectivity index (χ2n) is 4.73. The highest BCUT2D eigenvalue weighted by Gasteiger charge is 2.19. The number of thiophene rings is 1. The number of aryl methyl sites for hydroxylation is 1. The predicted octanol–water partition coefficient (Wildman–Crippen LogP) is 1.32. The highest BCUT2D eigenvalue weighted by Crippen LogP contribution is 2.26. The number of anilines is 1. The van der Waals surface area contributed by atoms with Crippen molar-refractivity contribution in [1.29, 1.82) is 0 Å². The van der Waals surface area contributed by atoms with Gasteiger partial charge in [-0.1, -0.05) is 0 Å². The van der Waals surface area contributed by atoms with Gasteiger partial charge >= 0.3 is 0 Å². The molecule has 0 unspecified atom stereocenters. The average Bonchev–Trinajstić information content (AvgIpc) is 2.89. The van der Waals surface area contributed by atoms with Crippen LogP contribution in [-0.4, -0.2) is 27.3 Å². The van der Waals surface area contributed by atoms with E-state index in [-0.39, 0.29) is 15.0 Å². The van der Waals surface area contributed by atoms with E-state index in [9.17, 15) is 18.0 Å². The third-order valence-corrected chi connectivity index (χ3v) is 5.67. The molecule has 0 spiro atoms. The summed E-state index contributed by atoms with van der Waals surface area (Å²) < 4.78 is 22.6. The summed E-state index contributed by atoms with van der Waals surface area (Å²) in [5.74, 6) is -0.662. The van der Waals surface area contributed by atoms with Crippen LogP contribution in [0.25, 0.3) is 0 Å². The fourth-order valence-electron chi connectivity index (χ4n) is 1.86. The summed E-state index contributed by atoms with van der Waals surface area (Å²) in [6.07, 6.45) is 0. The van der Waals surface area contributed by atoms with Crippen molar-refractivity contribution in [2.24, 2.45) is 5.14 Å². The number of benzene rings is 1. The van der Waals surface area contributed by atoms with Crippen molar-refractivity contribution in [1.82, 2.24) is 5.32 Å². The third-order valence-electron chi connectivity index (χ3n) is 3.01. The first kappa shape index (κ1) is 17.1. The number of nitrogens with one attached hydrogen (secondary N) is 2. The van der Waals surface area contributed by atoms with Gasteiger partial charge in [0.25, 0.3) is 11.8 Å². The molecular formula is C14H15N3O4S2. The first-order valence-electron chi connectivity index (χ1n) is 6.49. The van der Waals surface area contributed by atoms with Gasteiger partial charge in [0, 0.05) is 18.3 Å². The summed E-state index contributed by atoms with van der Waals surface area (Å²) >= 11 is 0.816. The van der Waals surface area contributed by atoms with Gasteiger partial charge in [0.05, 0.1) is 4.88 Å². The second-order valence-corrected chi connectivity index (χ2v) is 7.57. The summed E-state index contributed by atoms with van der Waals surface area (Å²) in [6, 6.07) is 7.69. The van der Waals surface area contributed by atoms with E-state index in [1.807, 2.05) is 0 Å². The highest BCUT2D eigenvalue weighted by atomic mass is 32.2.